The summed E-state index contributed by atoms with van der Waals surface area (Å²) in [5, 5.41) is 9.85. The molecule has 15 heavy (non-hydrogen) atoms. The Hall–Kier alpha value is -0.510. The van der Waals surface area contributed by atoms with E-state index in [1.54, 1.807) is 11.8 Å². The van der Waals surface area contributed by atoms with Crippen LogP contribution in [0.2, 0.25) is 0 Å². The van der Waals surface area contributed by atoms with Crippen LogP contribution in [-0.4, -0.2) is 23.2 Å². The number of rotatable bonds is 6. The number of nitrogens with two attached hydrogens (primary N) is 1. The maximum atomic E-state index is 9.85. The molecule has 0 heterocycles. The molecule has 0 spiro atoms. The molecule has 2 atom stereocenters. The Labute approximate surface area is 95.9 Å². The van der Waals surface area contributed by atoms with Gasteiger partial charge in [-0.25, -0.2) is 0 Å². The van der Waals surface area contributed by atoms with Crippen LogP contribution in [0, 0.1) is 5.92 Å². The molecule has 0 amide bonds. The lowest BCUT2D eigenvalue weighted by molar-refractivity contribution is 0.204. The number of hydrogen-bond donors (Lipinski definition) is 2. The second-order valence-electron chi connectivity index (χ2n) is 3.80. The van der Waals surface area contributed by atoms with Gasteiger partial charge >= 0.3 is 0 Å². The summed E-state index contributed by atoms with van der Waals surface area (Å²) < 4.78 is 0. The minimum atomic E-state index is -0.360. The second-order valence-corrected chi connectivity index (χ2v) is 4.88. The summed E-state index contributed by atoms with van der Waals surface area (Å²) in [6.07, 6.45) is -0.360. The van der Waals surface area contributed by atoms with Gasteiger partial charge in [-0.1, -0.05) is 37.3 Å². The van der Waals surface area contributed by atoms with Gasteiger partial charge in [-0.15, -0.1) is 0 Å². The van der Waals surface area contributed by atoms with Crippen molar-refractivity contribution in [3.63, 3.8) is 0 Å². The van der Waals surface area contributed by atoms with E-state index >= 15 is 0 Å². The van der Waals surface area contributed by atoms with Gasteiger partial charge in [-0.2, -0.15) is 11.8 Å². The molecular weight excluding hydrogens is 206 g/mol. The predicted molar refractivity (Wildman–Crippen MR) is 66.9 cm³/mol. The molecule has 3 N–H and O–H groups in total. The number of aliphatic hydroxyl groups excluding tert-OH is 1. The first-order valence-corrected chi connectivity index (χ1v) is 6.40. The van der Waals surface area contributed by atoms with Gasteiger partial charge < -0.3 is 10.8 Å². The van der Waals surface area contributed by atoms with Crippen LogP contribution < -0.4 is 5.73 Å². The maximum absolute atomic E-state index is 9.85. The topological polar surface area (TPSA) is 46.2 Å². The summed E-state index contributed by atoms with van der Waals surface area (Å²) in [6.45, 7) is 2.84. The SMILES string of the molecule is CC(CN)CSCC(O)c1ccccc1. The van der Waals surface area contributed by atoms with Crippen LogP contribution in [0.1, 0.15) is 18.6 Å². The molecule has 0 saturated carbocycles. The van der Waals surface area contributed by atoms with E-state index in [0.29, 0.717) is 12.5 Å². The molecular formula is C12H19NOS. The fraction of sp³-hybridized carbons (Fsp3) is 0.500. The summed E-state index contributed by atoms with van der Waals surface area (Å²) in [7, 11) is 0. The summed E-state index contributed by atoms with van der Waals surface area (Å²) >= 11 is 1.76. The predicted octanol–water partition coefficient (Wildman–Crippen LogP) is 2.05. The normalized spacial score (nSPS) is 14.9. The van der Waals surface area contributed by atoms with Crippen LogP contribution in [0.15, 0.2) is 30.3 Å². The van der Waals surface area contributed by atoms with E-state index in [-0.39, 0.29) is 6.10 Å². The molecule has 0 radical (unpaired) electrons. The Morgan fingerprint density at radius 3 is 2.53 bits per heavy atom. The molecule has 1 rings (SSSR count). The smallest absolute Gasteiger partial charge is 0.0880 e. The lowest BCUT2D eigenvalue weighted by Crippen LogP contribution is -2.13. The highest BCUT2D eigenvalue weighted by molar-refractivity contribution is 7.99. The monoisotopic (exact) mass is 225 g/mol. The molecule has 1 aromatic rings. The van der Waals surface area contributed by atoms with Crippen LogP contribution in [0.5, 0.6) is 0 Å². The van der Waals surface area contributed by atoms with Crippen LogP contribution in [0.3, 0.4) is 0 Å². The Morgan fingerprint density at radius 2 is 1.93 bits per heavy atom. The zero-order valence-corrected chi connectivity index (χ0v) is 9.91. The van der Waals surface area contributed by atoms with Crippen molar-refractivity contribution in [3.8, 4) is 0 Å². The Kier molecular flexibility index (Phi) is 5.76. The third-order valence-corrected chi connectivity index (χ3v) is 3.62. The number of thioether (sulfide) groups is 1. The van der Waals surface area contributed by atoms with Crippen molar-refractivity contribution in [2.24, 2.45) is 11.7 Å². The molecule has 0 bridgehead atoms. The Bertz CT molecular complexity index is 266. The standard InChI is InChI=1S/C12H19NOS/c1-10(7-13)8-15-9-12(14)11-5-3-2-4-6-11/h2-6,10,12,14H,7-9,13H2,1H3. The average Bonchev–Trinajstić information content (AvgIpc) is 2.29. The number of hydrogen-bond acceptors (Lipinski definition) is 3. The second kappa shape index (κ2) is 6.88. The van der Waals surface area contributed by atoms with Gasteiger partial charge in [0.1, 0.15) is 0 Å². The van der Waals surface area contributed by atoms with Gasteiger partial charge in [0.25, 0.3) is 0 Å². The Morgan fingerprint density at radius 1 is 1.27 bits per heavy atom. The molecule has 0 aliphatic heterocycles. The molecule has 2 unspecified atom stereocenters. The highest BCUT2D eigenvalue weighted by Crippen LogP contribution is 2.19. The van der Waals surface area contributed by atoms with Crippen molar-refractivity contribution in [1.29, 1.82) is 0 Å². The van der Waals surface area contributed by atoms with Crippen molar-refractivity contribution in [1.82, 2.24) is 0 Å². The summed E-state index contributed by atoms with van der Waals surface area (Å²) in [6, 6.07) is 9.77. The quantitative estimate of drug-likeness (QED) is 0.779. The molecule has 84 valence electrons. The molecule has 0 aliphatic rings. The van der Waals surface area contributed by atoms with E-state index in [0.717, 1.165) is 17.1 Å². The van der Waals surface area contributed by atoms with Gasteiger partial charge in [0.2, 0.25) is 0 Å². The molecule has 0 aromatic heterocycles. The number of benzene rings is 1. The first-order chi connectivity index (χ1) is 7.24. The lowest BCUT2D eigenvalue weighted by Gasteiger charge is -2.12. The first kappa shape index (κ1) is 12.6. The zero-order valence-electron chi connectivity index (χ0n) is 9.10. The van der Waals surface area contributed by atoms with Gasteiger partial charge in [0, 0.05) is 5.75 Å². The zero-order chi connectivity index (χ0) is 11.1. The summed E-state index contributed by atoms with van der Waals surface area (Å²) in [5.41, 5.74) is 6.52. The largest absolute Gasteiger partial charge is 0.388 e. The molecule has 1 aromatic carbocycles. The van der Waals surface area contributed by atoms with Crippen LogP contribution >= 0.6 is 11.8 Å². The third-order valence-electron chi connectivity index (χ3n) is 2.26. The van der Waals surface area contributed by atoms with E-state index < -0.39 is 0 Å². The highest BCUT2D eigenvalue weighted by atomic mass is 32.2. The first-order valence-electron chi connectivity index (χ1n) is 5.25. The van der Waals surface area contributed by atoms with Crippen molar-refractivity contribution in [2.45, 2.75) is 13.0 Å². The van der Waals surface area contributed by atoms with Gasteiger partial charge in [0.05, 0.1) is 6.10 Å². The molecule has 0 saturated heterocycles. The summed E-state index contributed by atoms with van der Waals surface area (Å²) in [4.78, 5) is 0. The minimum absolute atomic E-state index is 0.360. The van der Waals surface area contributed by atoms with Crippen LogP contribution in [0.25, 0.3) is 0 Å². The molecule has 0 fully saturated rings. The van der Waals surface area contributed by atoms with Gasteiger partial charge in [-0.3, -0.25) is 0 Å². The van der Waals surface area contributed by atoms with E-state index in [9.17, 15) is 5.11 Å². The van der Waals surface area contributed by atoms with E-state index in [1.165, 1.54) is 0 Å². The Balaban J connectivity index is 2.28. The summed E-state index contributed by atoms with van der Waals surface area (Å²) in [5.74, 6) is 2.28. The van der Waals surface area contributed by atoms with Crippen molar-refractivity contribution < 1.29 is 5.11 Å². The average molecular weight is 225 g/mol. The molecule has 0 aliphatic carbocycles. The molecule has 3 heteroatoms. The highest BCUT2D eigenvalue weighted by Gasteiger charge is 2.07. The molecule has 2 nitrogen and oxygen atoms in total. The van der Waals surface area contributed by atoms with Crippen LogP contribution in [-0.2, 0) is 0 Å². The van der Waals surface area contributed by atoms with Crippen molar-refractivity contribution in [3.05, 3.63) is 35.9 Å². The number of aliphatic hydroxyl groups is 1. The maximum Gasteiger partial charge on any atom is 0.0880 e. The third kappa shape index (κ3) is 4.69. The van der Waals surface area contributed by atoms with Gasteiger partial charge in [-0.05, 0) is 23.8 Å². The van der Waals surface area contributed by atoms with E-state index in [2.05, 4.69) is 6.92 Å². The van der Waals surface area contributed by atoms with Crippen molar-refractivity contribution in [2.75, 3.05) is 18.1 Å². The fourth-order valence-electron chi connectivity index (χ4n) is 1.22. The minimum Gasteiger partial charge on any atom is -0.388 e. The van der Waals surface area contributed by atoms with Crippen molar-refractivity contribution >= 4 is 11.8 Å². The van der Waals surface area contributed by atoms with Crippen LogP contribution in [0.4, 0.5) is 0 Å². The van der Waals surface area contributed by atoms with Gasteiger partial charge in [0.15, 0.2) is 0 Å². The van der Waals surface area contributed by atoms with E-state index in [4.69, 9.17) is 5.73 Å². The van der Waals surface area contributed by atoms with E-state index in [1.807, 2.05) is 30.3 Å². The fourth-order valence-corrected chi connectivity index (χ4v) is 2.31. The lowest BCUT2D eigenvalue weighted by atomic mass is 10.1.